The van der Waals surface area contributed by atoms with Crippen LogP contribution in [0.15, 0.2) is 0 Å². The Labute approximate surface area is 118 Å². The predicted molar refractivity (Wildman–Crippen MR) is 73.1 cm³/mol. The van der Waals surface area contributed by atoms with Crippen LogP contribution in [0.5, 0.6) is 0 Å². The Kier molecular flexibility index (Phi) is 3.72. The van der Waals surface area contributed by atoms with Gasteiger partial charge in [-0.2, -0.15) is 5.26 Å². The number of nitrogens with zero attached hydrogens (tertiary/aromatic N) is 2. The predicted octanol–water partition coefficient (Wildman–Crippen LogP) is 3.73. The molecule has 100 valence electrons. The van der Waals surface area contributed by atoms with Gasteiger partial charge in [0.1, 0.15) is 11.2 Å². The molecule has 1 fully saturated rings. The minimum Gasteiger partial charge on any atom is -0.372 e. The van der Waals surface area contributed by atoms with Crippen molar-refractivity contribution in [3.05, 3.63) is 27.5 Å². The topological polar surface area (TPSA) is 45.9 Å². The van der Waals surface area contributed by atoms with Crippen LogP contribution in [0.2, 0.25) is 5.15 Å². The van der Waals surface area contributed by atoms with Crippen molar-refractivity contribution in [3.63, 3.8) is 0 Å². The van der Waals surface area contributed by atoms with Crippen LogP contribution in [0, 0.1) is 11.3 Å². The second-order valence-corrected chi connectivity index (χ2v) is 5.65. The van der Waals surface area contributed by atoms with Crippen LogP contribution < -0.4 is 0 Å². The van der Waals surface area contributed by atoms with E-state index < -0.39 is 0 Å². The molecule has 0 N–H and O–H groups in total. The summed E-state index contributed by atoms with van der Waals surface area (Å²) in [6, 6.07) is 2.23. The molecule has 2 heterocycles. The molecule has 0 spiro atoms. The van der Waals surface area contributed by atoms with Crippen molar-refractivity contribution < 1.29 is 4.74 Å². The number of aromatic nitrogens is 1. The first-order valence-electron chi connectivity index (χ1n) is 7.04. The Morgan fingerprint density at radius 2 is 1.95 bits per heavy atom. The molecule has 3 rings (SSSR count). The first-order valence-corrected chi connectivity index (χ1v) is 7.42. The highest BCUT2D eigenvalue weighted by atomic mass is 35.5. The molecule has 1 aromatic heterocycles. The minimum atomic E-state index is 0.0806. The molecule has 0 saturated carbocycles. The molecule has 0 radical (unpaired) electrons. The van der Waals surface area contributed by atoms with E-state index in [-0.39, 0.29) is 6.10 Å². The second kappa shape index (κ2) is 5.48. The third-order valence-electron chi connectivity index (χ3n) is 4.10. The maximum atomic E-state index is 9.32. The van der Waals surface area contributed by atoms with Crippen molar-refractivity contribution >= 4 is 11.6 Å². The standard InChI is InChI=1S/C15H17ClN2O/c16-15-12(9-17)10-5-2-1-3-6-11(10)14(18-15)13-7-4-8-19-13/h13H,1-8H2. The Hall–Kier alpha value is -1.11. The maximum absolute atomic E-state index is 9.32. The Morgan fingerprint density at radius 3 is 2.63 bits per heavy atom. The lowest BCUT2D eigenvalue weighted by molar-refractivity contribution is 0.108. The molecule has 1 aliphatic carbocycles. The van der Waals surface area contributed by atoms with Crippen molar-refractivity contribution in [2.75, 3.05) is 6.61 Å². The maximum Gasteiger partial charge on any atom is 0.147 e. The number of fused-ring (bicyclic) bond motifs is 1. The molecule has 1 atom stereocenters. The van der Waals surface area contributed by atoms with Crippen LogP contribution in [0.1, 0.15) is 60.6 Å². The average molecular weight is 277 g/mol. The smallest absolute Gasteiger partial charge is 0.147 e. The number of pyridine rings is 1. The van der Waals surface area contributed by atoms with Crippen molar-refractivity contribution in [1.29, 1.82) is 5.26 Å². The molecule has 3 nitrogen and oxygen atoms in total. The highest BCUT2D eigenvalue weighted by Crippen LogP contribution is 2.36. The van der Waals surface area contributed by atoms with Gasteiger partial charge < -0.3 is 4.74 Å². The summed E-state index contributed by atoms with van der Waals surface area (Å²) in [7, 11) is 0. The van der Waals surface area contributed by atoms with E-state index >= 15 is 0 Å². The van der Waals surface area contributed by atoms with Gasteiger partial charge >= 0.3 is 0 Å². The number of ether oxygens (including phenoxy) is 1. The molecule has 19 heavy (non-hydrogen) atoms. The summed E-state index contributed by atoms with van der Waals surface area (Å²) in [6.45, 7) is 0.804. The Balaban J connectivity index is 2.14. The number of nitriles is 1. The molecule has 1 aromatic rings. The molecule has 1 aliphatic heterocycles. The zero-order chi connectivity index (χ0) is 13.2. The molecule has 4 heteroatoms. The number of hydrogen-bond donors (Lipinski definition) is 0. The van der Waals surface area contributed by atoms with Crippen LogP contribution in [0.3, 0.4) is 0 Å². The molecule has 0 aromatic carbocycles. The SMILES string of the molecule is N#Cc1c(Cl)nc(C2CCCO2)c2c1CCCCC2. The molecule has 2 aliphatic rings. The zero-order valence-electron chi connectivity index (χ0n) is 10.9. The van der Waals surface area contributed by atoms with Crippen molar-refractivity contribution in [1.82, 2.24) is 4.98 Å². The van der Waals surface area contributed by atoms with Crippen LogP contribution in [0.4, 0.5) is 0 Å². The fraction of sp³-hybridized carbons (Fsp3) is 0.600. The lowest BCUT2D eigenvalue weighted by Gasteiger charge is -2.18. The summed E-state index contributed by atoms with van der Waals surface area (Å²) >= 11 is 6.21. The molecule has 0 amide bonds. The van der Waals surface area contributed by atoms with Gasteiger partial charge in [0.15, 0.2) is 0 Å². The monoisotopic (exact) mass is 276 g/mol. The van der Waals surface area contributed by atoms with Crippen LogP contribution >= 0.6 is 11.6 Å². The van der Waals surface area contributed by atoms with E-state index in [1.54, 1.807) is 0 Å². The van der Waals surface area contributed by atoms with Crippen molar-refractivity contribution in [2.24, 2.45) is 0 Å². The lowest BCUT2D eigenvalue weighted by Crippen LogP contribution is -2.10. The largest absolute Gasteiger partial charge is 0.372 e. The van der Waals surface area contributed by atoms with E-state index in [4.69, 9.17) is 16.3 Å². The van der Waals surface area contributed by atoms with Gasteiger partial charge in [0, 0.05) is 6.61 Å². The Morgan fingerprint density at radius 1 is 1.16 bits per heavy atom. The molecule has 1 unspecified atom stereocenters. The number of hydrogen-bond acceptors (Lipinski definition) is 3. The minimum absolute atomic E-state index is 0.0806. The fourth-order valence-corrected chi connectivity index (χ4v) is 3.41. The number of halogens is 1. The first kappa shape index (κ1) is 12.9. The van der Waals surface area contributed by atoms with Crippen LogP contribution in [0.25, 0.3) is 0 Å². The van der Waals surface area contributed by atoms with E-state index in [0.717, 1.165) is 50.0 Å². The lowest BCUT2D eigenvalue weighted by atomic mass is 9.94. The van der Waals surface area contributed by atoms with E-state index in [1.165, 1.54) is 18.4 Å². The van der Waals surface area contributed by atoms with Crippen LogP contribution in [-0.2, 0) is 17.6 Å². The van der Waals surface area contributed by atoms with E-state index in [9.17, 15) is 5.26 Å². The zero-order valence-corrected chi connectivity index (χ0v) is 11.7. The van der Waals surface area contributed by atoms with Gasteiger partial charge in [0.25, 0.3) is 0 Å². The summed E-state index contributed by atoms with van der Waals surface area (Å²) in [5.74, 6) is 0. The van der Waals surface area contributed by atoms with E-state index in [2.05, 4.69) is 11.1 Å². The molecular formula is C15H17ClN2O. The molecule has 0 bridgehead atoms. The van der Waals surface area contributed by atoms with Crippen LogP contribution in [-0.4, -0.2) is 11.6 Å². The van der Waals surface area contributed by atoms with Crippen molar-refractivity contribution in [3.8, 4) is 6.07 Å². The van der Waals surface area contributed by atoms with Gasteiger partial charge in [-0.1, -0.05) is 18.0 Å². The van der Waals surface area contributed by atoms with Gasteiger partial charge in [-0.15, -0.1) is 0 Å². The third kappa shape index (κ3) is 2.35. The quantitative estimate of drug-likeness (QED) is 0.580. The summed E-state index contributed by atoms with van der Waals surface area (Å²) in [5.41, 5.74) is 3.95. The van der Waals surface area contributed by atoms with Gasteiger partial charge in [-0.05, 0) is 49.7 Å². The van der Waals surface area contributed by atoms with Crippen molar-refractivity contribution in [2.45, 2.75) is 51.0 Å². The summed E-state index contributed by atoms with van der Waals surface area (Å²) in [6.07, 6.45) is 7.64. The van der Waals surface area contributed by atoms with Gasteiger partial charge in [-0.3, -0.25) is 0 Å². The van der Waals surface area contributed by atoms with Gasteiger partial charge in [0.2, 0.25) is 0 Å². The fourth-order valence-electron chi connectivity index (χ4n) is 3.17. The van der Waals surface area contributed by atoms with Gasteiger partial charge in [0.05, 0.1) is 17.4 Å². The summed E-state index contributed by atoms with van der Waals surface area (Å²) in [4.78, 5) is 4.50. The first-order chi connectivity index (χ1) is 9.31. The second-order valence-electron chi connectivity index (χ2n) is 5.29. The van der Waals surface area contributed by atoms with Gasteiger partial charge in [-0.25, -0.2) is 4.98 Å². The normalized spacial score (nSPS) is 22.6. The number of rotatable bonds is 1. The average Bonchev–Trinajstić information content (AvgIpc) is 2.83. The van der Waals surface area contributed by atoms with E-state index in [1.807, 2.05) is 0 Å². The highest BCUT2D eigenvalue weighted by molar-refractivity contribution is 6.30. The summed E-state index contributed by atoms with van der Waals surface area (Å²) in [5, 5.41) is 9.67. The molecule has 1 saturated heterocycles. The third-order valence-corrected chi connectivity index (χ3v) is 4.37. The molecular weight excluding hydrogens is 260 g/mol. The van der Waals surface area contributed by atoms with E-state index in [0.29, 0.717) is 10.7 Å². The highest BCUT2D eigenvalue weighted by Gasteiger charge is 2.27. The summed E-state index contributed by atoms with van der Waals surface area (Å²) < 4.78 is 5.77. The Bertz CT molecular complexity index is 530.